The van der Waals surface area contributed by atoms with Crippen LogP contribution in [-0.4, -0.2) is 37.5 Å². The van der Waals surface area contributed by atoms with Crippen molar-refractivity contribution in [3.05, 3.63) is 35.9 Å². The molecule has 1 amide bonds. The minimum absolute atomic E-state index is 0. The maximum absolute atomic E-state index is 11.9. The second-order valence-corrected chi connectivity index (χ2v) is 7.40. The fourth-order valence-electron chi connectivity index (χ4n) is 2.31. The van der Waals surface area contributed by atoms with E-state index < -0.39 is 0 Å². The molecule has 1 aromatic rings. The molecule has 0 aliphatic heterocycles. The predicted molar refractivity (Wildman–Crippen MR) is 121 cm³/mol. The number of benzene rings is 1. The Hall–Kier alpha value is -1.31. The largest absolute Gasteiger partial charge is 0.357 e. The molecule has 0 aromatic heterocycles. The average molecular weight is 474 g/mol. The van der Waals surface area contributed by atoms with Crippen LogP contribution in [0.4, 0.5) is 0 Å². The zero-order chi connectivity index (χ0) is 18.9. The standard InChI is InChI=1S/C20H34N4O.HI/c1-7-21-19(23-14-13-22-18(25)20(4,5)6)24-16(3)15(2)17-11-9-8-10-12-17;/h8-12,15-16H,7,13-14H2,1-6H3,(H,22,25)(H2,21,23,24);1H. The Morgan fingerprint density at radius 3 is 2.27 bits per heavy atom. The van der Waals surface area contributed by atoms with Gasteiger partial charge >= 0.3 is 0 Å². The maximum atomic E-state index is 11.9. The summed E-state index contributed by atoms with van der Waals surface area (Å²) in [6.45, 7) is 14.0. The van der Waals surface area contributed by atoms with Gasteiger partial charge in [-0.25, -0.2) is 0 Å². The normalized spacial score (nSPS) is 14.0. The molecule has 148 valence electrons. The number of hydrogen-bond donors (Lipinski definition) is 3. The van der Waals surface area contributed by atoms with Crippen LogP contribution in [0, 0.1) is 5.41 Å². The quantitative estimate of drug-likeness (QED) is 0.245. The molecule has 3 N–H and O–H groups in total. The van der Waals surface area contributed by atoms with Gasteiger partial charge in [-0.3, -0.25) is 9.79 Å². The third kappa shape index (κ3) is 8.87. The minimum atomic E-state index is -0.369. The van der Waals surface area contributed by atoms with Gasteiger partial charge in [0.2, 0.25) is 5.91 Å². The van der Waals surface area contributed by atoms with Gasteiger partial charge in [0.15, 0.2) is 5.96 Å². The highest BCUT2D eigenvalue weighted by atomic mass is 127. The molecule has 0 heterocycles. The first-order valence-corrected chi connectivity index (χ1v) is 9.13. The van der Waals surface area contributed by atoms with E-state index in [4.69, 9.17) is 0 Å². The lowest BCUT2D eigenvalue weighted by Gasteiger charge is -2.24. The Balaban J connectivity index is 0.00000625. The first-order chi connectivity index (χ1) is 11.8. The number of carbonyl (C=O) groups excluding carboxylic acids is 1. The number of guanidine groups is 1. The van der Waals surface area contributed by atoms with Crippen molar-refractivity contribution in [3.63, 3.8) is 0 Å². The third-order valence-electron chi connectivity index (χ3n) is 4.13. The van der Waals surface area contributed by atoms with E-state index in [1.54, 1.807) is 0 Å². The fraction of sp³-hybridized carbons (Fsp3) is 0.600. The van der Waals surface area contributed by atoms with Crippen LogP contribution in [0.2, 0.25) is 0 Å². The van der Waals surface area contributed by atoms with Crippen LogP contribution in [-0.2, 0) is 4.79 Å². The second-order valence-electron chi connectivity index (χ2n) is 7.40. The van der Waals surface area contributed by atoms with Crippen LogP contribution in [0.15, 0.2) is 35.3 Å². The summed E-state index contributed by atoms with van der Waals surface area (Å²) in [7, 11) is 0. The summed E-state index contributed by atoms with van der Waals surface area (Å²) in [5.41, 5.74) is 0.933. The van der Waals surface area contributed by atoms with Crippen molar-refractivity contribution in [2.24, 2.45) is 10.4 Å². The minimum Gasteiger partial charge on any atom is -0.357 e. The molecule has 1 aromatic carbocycles. The smallest absolute Gasteiger partial charge is 0.225 e. The van der Waals surface area contributed by atoms with Crippen molar-refractivity contribution >= 4 is 35.8 Å². The number of rotatable bonds is 7. The van der Waals surface area contributed by atoms with E-state index in [0.29, 0.717) is 19.0 Å². The highest BCUT2D eigenvalue weighted by Crippen LogP contribution is 2.18. The van der Waals surface area contributed by atoms with E-state index in [9.17, 15) is 4.79 Å². The van der Waals surface area contributed by atoms with Crippen molar-refractivity contribution < 1.29 is 4.79 Å². The van der Waals surface area contributed by atoms with Crippen molar-refractivity contribution in [1.29, 1.82) is 0 Å². The molecule has 0 bridgehead atoms. The van der Waals surface area contributed by atoms with Crippen LogP contribution >= 0.6 is 24.0 Å². The molecule has 1 rings (SSSR count). The van der Waals surface area contributed by atoms with E-state index in [0.717, 1.165) is 12.5 Å². The van der Waals surface area contributed by atoms with Gasteiger partial charge in [0.05, 0.1) is 6.54 Å². The Labute approximate surface area is 175 Å². The number of aliphatic imine (C=N–C) groups is 1. The lowest BCUT2D eigenvalue weighted by Crippen LogP contribution is -2.44. The molecule has 0 saturated carbocycles. The number of amides is 1. The van der Waals surface area contributed by atoms with Crippen LogP contribution < -0.4 is 16.0 Å². The number of nitrogens with one attached hydrogen (secondary N) is 3. The number of carbonyl (C=O) groups is 1. The molecular weight excluding hydrogens is 439 g/mol. The molecule has 0 fully saturated rings. The van der Waals surface area contributed by atoms with Crippen LogP contribution in [0.3, 0.4) is 0 Å². The van der Waals surface area contributed by atoms with Gasteiger partial charge < -0.3 is 16.0 Å². The molecule has 26 heavy (non-hydrogen) atoms. The molecule has 0 radical (unpaired) electrons. The first-order valence-electron chi connectivity index (χ1n) is 9.13. The molecule has 6 heteroatoms. The third-order valence-corrected chi connectivity index (χ3v) is 4.13. The zero-order valence-electron chi connectivity index (χ0n) is 16.9. The molecule has 0 aliphatic rings. The van der Waals surface area contributed by atoms with Gasteiger partial charge in [-0.2, -0.15) is 0 Å². The van der Waals surface area contributed by atoms with Crippen LogP contribution in [0.5, 0.6) is 0 Å². The summed E-state index contributed by atoms with van der Waals surface area (Å²) >= 11 is 0. The highest BCUT2D eigenvalue weighted by Gasteiger charge is 2.20. The number of halogens is 1. The summed E-state index contributed by atoms with van der Waals surface area (Å²) in [4.78, 5) is 16.4. The van der Waals surface area contributed by atoms with Crippen LogP contribution in [0.1, 0.15) is 53.0 Å². The molecule has 2 unspecified atom stereocenters. The van der Waals surface area contributed by atoms with Crippen molar-refractivity contribution in [1.82, 2.24) is 16.0 Å². The summed E-state index contributed by atoms with van der Waals surface area (Å²) in [6.07, 6.45) is 0. The lowest BCUT2D eigenvalue weighted by atomic mass is 9.94. The van der Waals surface area contributed by atoms with Crippen molar-refractivity contribution in [2.75, 3.05) is 19.6 Å². The van der Waals surface area contributed by atoms with Gasteiger partial charge in [0, 0.05) is 30.5 Å². The molecular formula is C20H35IN4O. The van der Waals surface area contributed by atoms with Crippen LogP contribution in [0.25, 0.3) is 0 Å². The maximum Gasteiger partial charge on any atom is 0.225 e. The average Bonchev–Trinajstić information content (AvgIpc) is 2.57. The molecule has 2 atom stereocenters. The number of nitrogens with zero attached hydrogens (tertiary/aromatic N) is 1. The lowest BCUT2D eigenvalue weighted by molar-refractivity contribution is -0.128. The molecule has 0 saturated heterocycles. The Morgan fingerprint density at radius 2 is 1.73 bits per heavy atom. The van der Waals surface area contributed by atoms with Gasteiger partial charge in [-0.1, -0.05) is 58.0 Å². The zero-order valence-corrected chi connectivity index (χ0v) is 19.3. The number of hydrogen-bond acceptors (Lipinski definition) is 2. The highest BCUT2D eigenvalue weighted by molar-refractivity contribution is 14.0. The molecule has 0 aliphatic carbocycles. The summed E-state index contributed by atoms with van der Waals surface area (Å²) in [5, 5.41) is 9.65. The van der Waals surface area contributed by atoms with Gasteiger partial charge in [0.1, 0.15) is 0 Å². The summed E-state index contributed by atoms with van der Waals surface area (Å²) in [6, 6.07) is 10.7. The van der Waals surface area contributed by atoms with Crippen molar-refractivity contribution in [3.8, 4) is 0 Å². The Morgan fingerprint density at radius 1 is 1.12 bits per heavy atom. The summed E-state index contributed by atoms with van der Waals surface area (Å²) in [5.74, 6) is 1.19. The van der Waals surface area contributed by atoms with Gasteiger partial charge in [-0.15, -0.1) is 24.0 Å². The van der Waals surface area contributed by atoms with E-state index in [1.807, 2.05) is 33.8 Å². The van der Waals surface area contributed by atoms with Gasteiger partial charge in [0.25, 0.3) is 0 Å². The fourth-order valence-corrected chi connectivity index (χ4v) is 2.31. The van der Waals surface area contributed by atoms with Crippen molar-refractivity contribution in [2.45, 2.75) is 53.5 Å². The molecule has 0 spiro atoms. The Bertz CT molecular complexity index is 555. The topological polar surface area (TPSA) is 65.5 Å². The van der Waals surface area contributed by atoms with E-state index in [-0.39, 0.29) is 41.3 Å². The predicted octanol–water partition coefficient (Wildman–Crippen LogP) is 3.51. The SMILES string of the molecule is CCNC(=NCCNC(=O)C(C)(C)C)NC(C)C(C)c1ccccc1.I. The second kappa shape index (κ2) is 12.1. The van der Waals surface area contributed by atoms with E-state index in [2.05, 4.69) is 59.1 Å². The monoisotopic (exact) mass is 474 g/mol. The summed E-state index contributed by atoms with van der Waals surface area (Å²) < 4.78 is 0. The van der Waals surface area contributed by atoms with Gasteiger partial charge in [-0.05, 0) is 19.4 Å². The Kier molecular flexibility index (Phi) is 11.5. The van der Waals surface area contributed by atoms with E-state index >= 15 is 0 Å². The molecule has 5 nitrogen and oxygen atoms in total. The van der Waals surface area contributed by atoms with E-state index in [1.165, 1.54) is 5.56 Å². The first kappa shape index (κ1) is 24.7.